The molecule has 17 heavy (non-hydrogen) atoms. The fourth-order valence-corrected chi connectivity index (χ4v) is 1.21. The van der Waals surface area contributed by atoms with Crippen molar-refractivity contribution in [2.75, 3.05) is 20.8 Å². The van der Waals surface area contributed by atoms with Crippen molar-refractivity contribution in [3.8, 4) is 23.3 Å². The minimum absolute atomic E-state index is 0.0963. The van der Waals surface area contributed by atoms with Crippen molar-refractivity contribution in [2.24, 2.45) is 0 Å². The van der Waals surface area contributed by atoms with Crippen LogP contribution in [0.3, 0.4) is 0 Å². The van der Waals surface area contributed by atoms with Crippen LogP contribution in [-0.2, 0) is 4.79 Å². The zero-order chi connectivity index (χ0) is 12.7. The Balaban J connectivity index is 2.79. The summed E-state index contributed by atoms with van der Waals surface area (Å²) in [5.41, 5.74) is 0.763. The fourth-order valence-electron chi connectivity index (χ4n) is 1.21. The van der Waals surface area contributed by atoms with Gasteiger partial charge in [-0.15, -0.1) is 0 Å². The van der Waals surface area contributed by atoms with E-state index in [1.165, 1.54) is 6.92 Å². The number of methoxy groups -OCH3 is 2. The normalized spacial score (nSPS) is 8.88. The quantitative estimate of drug-likeness (QED) is 0.798. The van der Waals surface area contributed by atoms with Gasteiger partial charge in [0.15, 0.2) is 0 Å². The molecule has 1 aromatic carbocycles. The molecule has 0 radical (unpaired) electrons. The third kappa shape index (κ3) is 4.07. The third-order valence-corrected chi connectivity index (χ3v) is 2.06. The Morgan fingerprint density at radius 1 is 1.35 bits per heavy atom. The summed E-state index contributed by atoms with van der Waals surface area (Å²) in [5.74, 6) is 7.04. The van der Waals surface area contributed by atoms with E-state index in [9.17, 15) is 4.79 Å². The highest BCUT2D eigenvalue weighted by Gasteiger charge is 2.01. The molecule has 0 saturated carbocycles. The molecule has 0 aliphatic carbocycles. The number of hydrogen-bond donors (Lipinski definition) is 1. The summed E-state index contributed by atoms with van der Waals surface area (Å²) >= 11 is 0. The van der Waals surface area contributed by atoms with E-state index >= 15 is 0 Å². The van der Waals surface area contributed by atoms with Crippen LogP contribution < -0.4 is 14.8 Å². The molecule has 0 saturated heterocycles. The molecule has 0 spiro atoms. The molecule has 1 N–H and O–H groups in total. The Morgan fingerprint density at radius 3 is 2.71 bits per heavy atom. The number of rotatable bonds is 3. The average Bonchev–Trinajstić information content (AvgIpc) is 2.34. The topological polar surface area (TPSA) is 47.6 Å². The van der Waals surface area contributed by atoms with Crippen molar-refractivity contribution in [3.63, 3.8) is 0 Å². The van der Waals surface area contributed by atoms with Gasteiger partial charge >= 0.3 is 0 Å². The molecule has 0 unspecified atom stereocenters. The van der Waals surface area contributed by atoms with Crippen LogP contribution >= 0.6 is 0 Å². The van der Waals surface area contributed by atoms with Gasteiger partial charge in [-0.05, 0) is 12.1 Å². The minimum Gasteiger partial charge on any atom is -0.497 e. The minimum atomic E-state index is -0.0963. The first-order valence-electron chi connectivity index (χ1n) is 5.12. The van der Waals surface area contributed by atoms with E-state index in [2.05, 4.69) is 17.2 Å². The van der Waals surface area contributed by atoms with Crippen LogP contribution in [0.25, 0.3) is 0 Å². The first kappa shape index (κ1) is 12.9. The molecule has 90 valence electrons. The molecule has 0 aliphatic rings. The number of nitrogens with one attached hydrogen (secondary N) is 1. The maximum absolute atomic E-state index is 10.6. The SMILES string of the molecule is COc1ccc(C#CCNC(C)=O)c(OC)c1. The number of ether oxygens (including phenoxy) is 2. The van der Waals surface area contributed by atoms with Gasteiger partial charge in [-0.2, -0.15) is 0 Å². The molecule has 4 nitrogen and oxygen atoms in total. The number of benzene rings is 1. The Labute approximate surface area is 101 Å². The zero-order valence-corrected chi connectivity index (χ0v) is 10.2. The van der Waals surface area contributed by atoms with Gasteiger partial charge in [-0.25, -0.2) is 0 Å². The Hall–Kier alpha value is -2.15. The Morgan fingerprint density at radius 2 is 2.12 bits per heavy atom. The molecule has 4 heteroatoms. The standard InChI is InChI=1S/C13H15NO3/c1-10(15)14-8-4-5-11-6-7-12(16-2)9-13(11)17-3/h6-7,9H,8H2,1-3H3,(H,14,15). The first-order chi connectivity index (χ1) is 8.17. The molecule has 0 aromatic heterocycles. The van der Waals surface area contributed by atoms with E-state index < -0.39 is 0 Å². The predicted octanol–water partition coefficient (Wildman–Crippen LogP) is 1.19. The monoisotopic (exact) mass is 233 g/mol. The third-order valence-electron chi connectivity index (χ3n) is 2.06. The van der Waals surface area contributed by atoms with E-state index in [0.717, 1.165) is 5.56 Å². The molecular weight excluding hydrogens is 218 g/mol. The van der Waals surface area contributed by atoms with Crippen molar-refractivity contribution >= 4 is 5.91 Å². The van der Waals surface area contributed by atoms with Crippen molar-refractivity contribution in [1.29, 1.82) is 0 Å². The summed E-state index contributed by atoms with van der Waals surface area (Å²) in [7, 11) is 3.17. The largest absolute Gasteiger partial charge is 0.497 e. The highest BCUT2D eigenvalue weighted by Crippen LogP contribution is 2.23. The van der Waals surface area contributed by atoms with Gasteiger partial charge in [0.25, 0.3) is 0 Å². The van der Waals surface area contributed by atoms with Gasteiger partial charge in [-0.1, -0.05) is 11.8 Å². The lowest BCUT2D eigenvalue weighted by Crippen LogP contribution is -2.19. The summed E-state index contributed by atoms with van der Waals surface area (Å²) in [4.78, 5) is 10.6. The maximum Gasteiger partial charge on any atom is 0.217 e. The highest BCUT2D eigenvalue weighted by atomic mass is 16.5. The van der Waals surface area contributed by atoms with Crippen LogP contribution in [-0.4, -0.2) is 26.7 Å². The average molecular weight is 233 g/mol. The summed E-state index contributed by atoms with van der Waals surface area (Å²) in [6.45, 7) is 1.78. The van der Waals surface area contributed by atoms with Gasteiger partial charge in [0, 0.05) is 13.0 Å². The Bertz CT molecular complexity index is 457. The van der Waals surface area contributed by atoms with Crippen LogP contribution in [0.5, 0.6) is 11.5 Å². The number of hydrogen-bond acceptors (Lipinski definition) is 3. The predicted molar refractivity (Wildman–Crippen MR) is 65.1 cm³/mol. The second-order valence-corrected chi connectivity index (χ2v) is 3.28. The van der Waals surface area contributed by atoms with Gasteiger partial charge in [0.2, 0.25) is 5.91 Å². The van der Waals surface area contributed by atoms with Gasteiger partial charge in [0.1, 0.15) is 11.5 Å². The second-order valence-electron chi connectivity index (χ2n) is 3.28. The number of carbonyl (C=O) groups is 1. The van der Waals surface area contributed by atoms with E-state index in [1.54, 1.807) is 20.3 Å². The number of amides is 1. The lowest BCUT2D eigenvalue weighted by molar-refractivity contribution is -0.118. The summed E-state index contributed by atoms with van der Waals surface area (Å²) < 4.78 is 10.3. The molecule has 1 rings (SSSR count). The maximum atomic E-state index is 10.6. The molecule has 0 bridgehead atoms. The second kappa shape index (κ2) is 6.44. The van der Waals surface area contributed by atoms with Crippen molar-refractivity contribution in [1.82, 2.24) is 5.32 Å². The van der Waals surface area contributed by atoms with Crippen LogP contribution in [0.4, 0.5) is 0 Å². The van der Waals surface area contributed by atoms with Crippen LogP contribution in [0.2, 0.25) is 0 Å². The van der Waals surface area contributed by atoms with Gasteiger partial charge < -0.3 is 14.8 Å². The molecule has 0 atom stereocenters. The molecular formula is C13H15NO3. The van der Waals surface area contributed by atoms with E-state index in [-0.39, 0.29) is 5.91 Å². The van der Waals surface area contributed by atoms with Crippen molar-refractivity contribution in [3.05, 3.63) is 23.8 Å². The van der Waals surface area contributed by atoms with Crippen LogP contribution in [0, 0.1) is 11.8 Å². The lowest BCUT2D eigenvalue weighted by Gasteiger charge is -2.05. The fraction of sp³-hybridized carbons (Fsp3) is 0.308. The number of carbonyl (C=O) groups excluding carboxylic acids is 1. The molecule has 1 amide bonds. The summed E-state index contributed by atoms with van der Waals surface area (Å²) in [5, 5.41) is 2.60. The van der Waals surface area contributed by atoms with Gasteiger partial charge in [-0.3, -0.25) is 4.79 Å². The van der Waals surface area contributed by atoms with E-state index in [0.29, 0.717) is 18.0 Å². The lowest BCUT2D eigenvalue weighted by atomic mass is 10.2. The zero-order valence-electron chi connectivity index (χ0n) is 10.2. The summed E-state index contributed by atoms with van der Waals surface area (Å²) in [6, 6.07) is 5.39. The molecule has 0 heterocycles. The van der Waals surface area contributed by atoms with Crippen molar-refractivity contribution < 1.29 is 14.3 Å². The van der Waals surface area contributed by atoms with Crippen LogP contribution in [0.15, 0.2) is 18.2 Å². The first-order valence-corrected chi connectivity index (χ1v) is 5.12. The molecule has 0 aliphatic heterocycles. The van der Waals surface area contributed by atoms with E-state index in [4.69, 9.17) is 9.47 Å². The molecule has 1 aromatic rings. The van der Waals surface area contributed by atoms with Crippen molar-refractivity contribution in [2.45, 2.75) is 6.92 Å². The highest BCUT2D eigenvalue weighted by molar-refractivity contribution is 5.73. The van der Waals surface area contributed by atoms with Gasteiger partial charge in [0.05, 0.1) is 26.3 Å². The Kier molecular flexibility index (Phi) is 4.89. The van der Waals surface area contributed by atoms with E-state index in [1.807, 2.05) is 12.1 Å². The smallest absolute Gasteiger partial charge is 0.217 e. The summed E-state index contributed by atoms with van der Waals surface area (Å²) in [6.07, 6.45) is 0. The molecule has 0 fully saturated rings. The van der Waals surface area contributed by atoms with Crippen LogP contribution in [0.1, 0.15) is 12.5 Å².